The van der Waals surface area contributed by atoms with Gasteiger partial charge in [0.05, 0.1) is 15.9 Å². The van der Waals surface area contributed by atoms with Gasteiger partial charge in [-0.1, -0.05) is 11.3 Å². The van der Waals surface area contributed by atoms with Crippen LogP contribution < -0.4 is 9.94 Å². The summed E-state index contributed by atoms with van der Waals surface area (Å²) in [5.41, 5.74) is -1.74. The van der Waals surface area contributed by atoms with E-state index in [4.69, 9.17) is 5.14 Å². The number of nitrogens with zero attached hydrogens (tertiary/aromatic N) is 5. The summed E-state index contributed by atoms with van der Waals surface area (Å²) in [6.45, 7) is 0. The number of primary sulfonamides is 1. The molecule has 14 nitrogen and oxygen atoms in total. The van der Waals surface area contributed by atoms with Gasteiger partial charge >= 0.3 is 0 Å². The zero-order valence-corrected chi connectivity index (χ0v) is 15.0. The predicted molar refractivity (Wildman–Crippen MR) is 85.0 cm³/mol. The molecular formula is C9H8N6O8S3. The van der Waals surface area contributed by atoms with Crippen LogP contribution in [-0.4, -0.2) is 36.5 Å². The molecule has 0 fully saturated rings. The Labute approximate surface area is 148 Å². The molecule has 0 radical (unpaired) electrons. The van der Waals surface area contributed by atoms with E-state index in [1.54, 1.807) is 0 Å². The Morgan fingerprint density at radius 1 is 1.19 bits per heavy atom. The third-order valence-electron chi connectivity index (χ3n) is 2.76. The summed E-state index contributed by atoms with van der Waals surface area (Å²) in [5.74, 6) is 0. The van der Waals surface area contributed by atoms with Crippen molar-refractivity contribution < 1.29 is 26.7 Å². The molecule has 0 aliphatic carbocycles. The van der Waals surface area contributed by atoms with Crippen LogP contribution in [0.15, 0.2) is 31.8 Å². The van der Waals surface area contributed by atoms with Crippen molar-refractivity contribution in [3.05, 3.63) is 43.2 Å². The van der Waals surface area contributed by atoms with Crippen LogP contribution in [0.1, 0.15) is 0 Å². The third kappa shape index (κ3) is 3.90. The second-order valence-corrected chi connectivity index (χ2v) is 8.82. The molecule has 2 aromatic rings. The van der Waals surface area contributed by atoms with E-state index < -0.39 is 55.3 Å². The monoisotopic (exact) mass is 424 g/mol. The molecule has 0 saturated heterocycles. The predicted octanol–water partition coefficient (Wildman–Crippen LogP) is -0.765. The molecule has 0 atom stereocenters. The first kappa shape index (κ1) is 19.6. The molecule has 26 heavy (non-hydrogen) atoms. The van der Waals surface area contributed by atoms with Crippen LogP contribution in [-0.2, 0) is 27.1 Å². The number of nitro groups is 2. The van der Waals surface area contributed by atoms with Gasteiger partial charge in [0.25, 0.3) is 31.4 Å². The number of sulfonamides is 2. The number of aromatic nitrogens is 2. The molecule has 0 bridgehead atoms. The Morgan fingerprint density at radius 2 is 1.81 bits per heavy atom. The van der Waals surface area contributed by atoms with E-state index in [1.165, 1.54) is 7.05 Å². The van der Waals surface area contributed by atoms with Gasteiger partial charge < -0.3 is 0 Å². The summed E-state index contributed by atoms with van der Waals surface area (Å²) in [7, 11) is -7.74. The largest absolute Gasteiger partial charge is 0.296 e. The number of nitro benzene ring substituents is 2. The van der Waals surface area contributed by atoms with Gasteiger partial charge in [0.2, 0.25) is 9.14 Å². The third-order valence-corrected chi connectivity index (χ3v) is 6.50. The Hall–Kier alpha value is -2.76. The van der Waals surface area contributed by atoms with Gasteiger partial charge in [-0.05, 0) is 6.07 Å². The first-order valence-corrected chi connectivity index (χ1v) is 9.94. The van der Waals surface area contributed by atoms with E-state index in [0.29, 0.717) is 23.5 Å². The number of hydrogen-bond acceptors (Lipinski definition) is 10. The Bertz CT molecular complexity index is 1190. The molecule has 0 amide bonds. The molecule has 1 aromatic heterocycles. The molecule has 0 saturated carbocycles. The standard InChI is InChI=1S/C9H8N6O8S3/c1-13-8(24-9(11-13)25(10,20)21)12-26(22,23)7-3-2-5(14(16)17)4-6(7)15(18)19/h2-4H,1H3,(H2,10,20,21)/b12-8+. The molecular weight excluding hydrogens is 416 g/mol. The van der Waals surface area contributed by atoms with Gasteiger partial charge in [0, 0.05) is 13.1 Å². The van der Waals surface area contributed by atoms with E-state index in [0.717, 1.165) is 10.7 Å². The van der Waals surface area contributed by atoms with E-state index >= 15 is 0 Å². The highest BCUT2D eigenvalue weighted by Gasteiger charge is 2.29. The highest BCUT2D eigenvalue weighted by atomic mass is 32.2. The van der Waals surface area contributed by atoms with Gasteiger partial charge in [-0.3, -0.25) is 20.2 Å². The van der Waals surface area contributed by atoms with Gasteiger partial charge in [-0.15, -0.1) is 9.50 Å². The minimum absolute atomic E-state index is 0.325. The Kier molecular flexibility index (Phi) is 4.90. The quantitative estimate of drug-likeness (QED) is 0.471. The lowest BCUT2D eigenvalue weighted by Crippen LogP contribution is -2.16. The van der Waals surface area contributed by atoms with Crippen LogP contribution in [0.2, 0.25) is 0 Å². The summed E-state index contributed by atoms with van der Waals surface area (Å²) in [6, 6.07) is 1.90. The number of hydrogen-bond donors (Lipinski definition) is 1. The van der Waals surface area contributed by atoms with Crippen molar-refractivity contribution in [1.29, 1.82) is 0 Å². The molecule has 17 heteroatoms. The maximum Gasteiger partial charge on any atom is 0.296 e. The number of rotatable bonds is 5. The van der Waals surface area contributed by atoms with Crippen LogP contribution in [0, 0.1) is 20.2 Å². The van der Waals surface area contributed by atoms with Crippen molar-refractivity contribution in [3.63, 3.8) is 0 Å². The summed E-state index contributed by atoms with van der Waals surface area (Å²) in [6.07, 6.45) is 0. The fourth-order valence-electron chi connectivity index (χ4n) is 1.65. The van der Waals surface area contributed by atoms with E-state index in [9.17, 15) is 37.1 Å². The van der Waals surface area contributed by atoms with E-state index in [1.807, 2.05) is 0 Å². The Morgan fingerprint density at radius 3 is 2.27 bits per heavy atom. The van der Waals surface area contributed by atoms with Crippen molar-refractivity contribution in [3.8, 4) is 0 Å². The number of benzene rings is 1. The fraction of sp³-hybridized carbons (Fsp3) is 0.111. The smallest absolute Gasteiger partial charge is 0.258 e. The van der Waals surface area contributed by atoms with Gasteiger partial charge in [-0.25, -0.2) is 18.2 Å². The van der Waals surface area contributed by atoms with Crippen LogP contribution in [0.25, 0.3) is 0 Å². The molecule has 1 aromatic carbocycles. The molecule has 2 rings (SSSR count). The lowest BCUT2D eigenvalue weighted by molar-refractivity contribution is -0.396. The average molecular weight is 424 g/mol. The van der Waals surface area contributed by atoms with Gasteiger partial charge in [0.1, 0.15) is 0 Å². The fourth-order valence-corrected chi connectivity index (χ4v) is 4.57. The maximum absolute atomic E-state index is 12.4. The van der Waals surface area contributed by atoms with Crippen LogP contribution in [0.4, 0.5) is 11.4 Å². The molecule has 0 aliphatic heterocycles. The lowest BCUT2D eigenvalue weighted by Gasteiger charge is -2.00. The van der Waals surface area contributed by atoms with Crippen molar-refractivity contribution in [2.75, 3.05) is 0 Å². The van der Waals surface area contributed by atoms with Gasteiger partial charge in [0.15, 0.2) is 4.90 Å². The van der Waals surface area contributed by atoms with E-state index in [-0.39, 0.29) is 0 Å². The SMILES string of the molecule is Cn1nc(S(N)(=O)=O)s/c1=N/S(=O)(=O)c1ccc([N+](=O)[O-])cc1[N+](=O)[O-]. The second kappa shape index (κ2) is 6.52. The molecule has 1 heterocycles. The summed E-state index contributed by atoms with van der Waals surface area (Å²) in [4.78, 5) is 18.4. The van der Waals surface area contributed by atoms with Crippen molar-refractivity contribution in [2.45, 2.75) is 9.24 Å². The van der Waals surface area contributed by atoms with Crippen LogP contribution in [0.5, 0.6) is 0 Å². The molecule has 2 N–H and O–H groups in total. The lowest BCUT2D eigenvalue weighted by atomic mass is 10.3. The first-order chi connectivity index (χ1) is 11.8. The highest BCUT2D eigenvalue weighted by Crippen LogP contribution is 2.29. The second-order valence-electron chi connectivity index (χ2n) is 4.55. The zero-order valence-electron chi connectivity index (χ0n) is 12.5. The molecule has 0 aliphatic rings. The molecule has 0 unspecified atom stereocenters. The van der Waals surface area contributed by atoms with Crippen molar-refractivity contribution >= 4 is 42.8 Å². The number of non-ortho nitro benzene ring substituents is 1. The first-order valence-electron chi connectivity index (χ1n) is 6.14. The van der Waals surface area contributed by atoms with Crippen molar-refractivity contribution in [2.24, 2.45) is 16.6 Å². The Balaban J connectivity index is 2.71. The normalized spacial score (nSPS) is 12.9. The highest BCUT2D eigenvalue weighted by molar-refractivity contribution is 7.91. The average Bonchev–Trinajstić information content (AvgIpc) is 2.87. The number of nitrogens with two attached hydrogens (primary N) is 1. The summed E-state index contributed by atoms with van der Waals surface area (Å²) < 4.78 is 50.7. The topological polar surface area (TPSA) is 211 Å². The maximum atomic E-state index is 12.4. The molecule has 140 valence electrons. The zero-order chi connectivity index (χ0) is 19.9. The summed E-state index contributed by atoms with van der Waals surface area (Å²) >= 11 is 0.325. The molecule has 0 spiro atoms. The minimum Gasteiger partial charge on any atom is -0.258 e. The van der Waals surface area contributed by atoms with Crippen LogP contribution >= 0.6 is 11.3 Å². The summed E-state index contributed by atoms with van der Waals surface area (Å²) in [5, 5.41) is 30.1. The van der Waals surface area contributed by atoms with Gasteiger partial charge in [-0.2, -0.15) is 8.42 Å². The minimum atomic E-state index is -4.71. The van der Waals surface area contributed by atoms with E-state index in [2.05, 4.69) is 9.50 Å². The van der Waals surface area contributed by atoms with Crippen LogP contribution in [0.3, 0.4) is 0 Å². The van der Waals surface area contributed by atoms with Crippen molar-refractivity contribution in [1.82, 2.24) is 9.78 Å². The number of aryl methyl sites for hydroxylation is 1.